The molecule has 0 unspecified atom stereocenters. The van der Waals surface area contributed by atoms with Crippen LogP contribution in [0.25, 0.3) is 0 Å². The number of ether oxygens (including phenoxy) is 1. The molecule has 1 N–H and O–H groups in total. The van der Waals surface area contributed by atoms with Crippen LogP contribution in [0.15, 0.2) is 48.5 Å². The molecule has 1 amide bonds. The van der Waals surface area contributed by atoms with Crippen LogP contribution in [-0.4, -0.2) is 12.0 Å². The molecule has 22 heavy (non-hydrogen) atoms. The van der Waals surface area contributed by atoms with Crippen molar-refractivity contribution in [1.82, 2.24) is 5.32 Å². The van der Waals surface area contributed by atoms with E-state index in [0.717, 1.165) is 5.56 Å². The van der Waals surface area contributed by atoms with Gasteiger partial charge in [-0.2, -0.15) is 0 Å². The summed E-state index contributed by atoms with van der Waals surface area (Å²) in [7, 11) is 0. The van der Waals surface area contributed by atoms with E-state index in [1.165, 1.54) is 0 Å². The van der Waals surface area contributed by atoms with Crippen molar-refractivity contribution in [2.45, 2.75) is 26.0 Å². The molecule has 2 rings (SSSR count). The summed E-state index contributed by atoms with van der Waals surface area (Å²) in [5.74, 6) is 0.343. The molecule has 0 aliphatic rings. The molecule has 1 atom stereocenters. The minimum atomic E-state index is -0.577. The Morgan fingerprint density at radius 2 is 1.82 bits per heavy atom. The highest BCUT2D eigenvalue weighted by atomic mass is 35.5. The number of carbonyl (C=O) groups excluding carboxylic acids is 1. The van der Waals surface area contributed by atoms with Crippen molar-refractivity contribution in [2.24, 2.45) is 0 Å². The third-order valence-corrected chi connectivity index (χ3v) is 3.71. The molecule has 2 aromatic carbocycles. The first-order chi connectivity index (χ1) is 10.6. The lowest BCUT2D eigenvalue weighted by Gasteiger charge is -2.18. The van der Waals surface area contributed by atoms with Crippen LogP contribution >= 0.6 is 23.2 Å². The van der Waals surface area contributed by atoms with E-state index in [9.17, 15) is 4.79 Å². The molecular weight excluding hydrogens is 321 g/mol. The number of benzene rings is 2. The summed E-state index contributed by atoms with van der Waals surface area (Å²) in [4.78, 5) is 12.2. The van der Waals surface area contributed by atoms with E-state index < -0.39 is 6.10 Å². The van der Waals surface area contributed by atoms with Crippen LogP contribution in [0.2, 0.25) is 10.0 Å². The van der Waals surface area contributed by atoms with Crippen molar-refractivity contribution < 1.29 is 9.53 Å². The number of hydrogen-bond donors (Lipinski definition) is 1. The van der Waals surface area contributed by atoms with Crippen LogP contribution in [0.3, 0.4) is 0 Å². The number of amides is 1. The average Bonchev–Trinajstić information content (AvgIpc) is 2.53. The molecule has 0 bridgehead atoms. The predicted octanol–water partition coefficient (Wildman–Crippen LogP) is 4.47. The summed E-state index contributed by atoms with van der Waals surface area (Å²) in [5, 5.41) is 4.02. The van der Waals surface area contributed by atoms with E-state index in [1.807, 2.05) is 31.2 Å². The van der Waals surface area contributed by atoms with Crippen molar-refractivity contribution >= 4 is 29.1 Å². The highest BCUT2D eigenvalue weighted by Crippen LogP contribution is 2.24. The van der Waals surface area contributed by atoms with E-state index in [1.54, 1.807) is 24.3 Å². The van der Waals surface area contributed by atoms with Gasteiger partial charge in [-0.1, -0.05) is 54.4 Å². The van der Waals surface area contributed by atoms with Gasteiger partial charge in [0.15, 0.2) is 6.10 Å². The van der Waals surface area contributed by atoms with Gasteiger partial charge in [-0.15, -0.1) is 0 Å². The van der Waals surface area contributed by atoms with Crippen molar-refractivity contribution in [3.05, 3.63) is 64.1 Å². The van der Waals surface area contributed by atoms with Gasteiger partial charge in [-0.25, -0.2) is 0 Å². The van der Waals surface area contributed by atoms with Crippen molar-refractivity contribution in [1.29, 1.82) is 0 Å². The standard InChI is InChI=1S/C17H17Cl2NO2/c1-2-15(22-16-6-4-3-5-14(16)19)17(21)20-11-12-7-9-13(18)10-8-12/h3-10,15H,2,11H2,1H3,(H,20,21)/t15-/m1/s1. The lowest BCUT2D eigenvalue weighted by atomic mass is 10.2. The van der Waals surface area contributed by atoms with Crippen LogP contribution in [0.4, 0.5) is 0 Å². The second-order valence-corrected chi connectivity index (χ2v) is 5.63. The van der Waals surface area contributed by atoms with E-state index in [-0.39, 0.29) is 5.91 Å². The Morgan fingerprint density at radius 1 is 1.14 bits per heavy atom. The monoisotopic (exact) mass is 337 g/mol. The predicted molar refractivity (Wildman–Crippen MR) is 89.5 cm³/mol. The van der Waals surface area contributed by atoms with E-state index in [0.29, 0.717) is 28.8 Å². The molecule has 0 aliphatic heterocycles. The van der Waals surface area contributed by atoms with Crippen LogP contribution in [-0.2, 0) is 11.3 Å². The molecule has 2 aromatic rings. The second-order valence-electron chi connectivity index (χ2n) is 4.79. The minimum Gasteiger partial charge on any atom is -0.479 e. The number of para-hydroxylation sites is 1. The Labute approximate surface area is 140 Å². The maximum Gasteiger partial charge on any atom is 0.261 e. The number of carbonyl (C=O) groups is 1. The van der Waals surface area contributed by atoms with Crippen molar-refractivity contribution in [2.75, 3.05) is 0 Å². The van der Waals surface area contributed by atoms with Gasteiger partial charge in [-0.3, -0.25) is 4.79 Å². The van der Waals surface area contributed by atoms with Gasteiger partial charge in [0.25, 0.3) is 5.91 Å². The molecule has 0 heterocycles. The molecule has 3 nitrogen and oxygen atoms in total. The fourth-order valence-electron chi connectivity index (χ4n) is 1.92. The number of rotatable bonds is 6. The number of halogens is 2. The Bertz CT molecular complexity index is 629. The molecule has 0 radical (unpaired) electrons. The van der Waals surface area contributed by atoms with Gasteiger partial charge in [0.1, 0.15) is 5.75 Å². The fraction of sp³-hybridized carbons (Fsp3) is 0.235. The second kappa shape index (κ2) is 8.06. The minimum absolute atomic E-state index is 0.169. The first-order valence-electron chi connectivity index (χ1n) is 7.03. The molecule has 116 valence electrons. The number of nitrogens with one attached hydrogen (secondary N) is 1. The van der Waals surface area contributed by atoms with Crippen LogP contribution in [0, 0.1) is 0 Å². The number of hydrogen-bond acceptors (Lipinski definition) is 2. The molecule has 0 aliphatic carbocycles. The summed E-state index contributed by atoms with van der Waals surface area (Å²) in [5.41, 5.74) is 0.977. The topological polar surface area (TPSA) is 38.3 Å². The van der Waals surface area contributed by atoms with Crippen LogP contribution in [0.5, 0.6) is 5.75 Å². The molecule has 0 saturated carbocycles. The maximum atomic E-state index is 12.2. The molecule has 0 fully saturated rings. The maximum absolute atomic E-state index is 12.2. The Kier molecular flexibility index (Phi) is 6.10. The molecular formula is C17H17Cl2NO2. The zero-order chi connectivity index (χ0) is 15.9. The third-order valence-electron chi connectivity index (χ3n) is 3.15. The third kappa shape index (κ3) is 4.65. The molecule has 0 saturated heterocycles. The lowest BCUT2D eigenvalue weighted by Crippen LogP contribution is -2.37. The van der Waals surface area contributed by atoms with Gasteiger partial charge < -0.3 is 10.1 Å². The summed E-state index contributed by atoms with van der Waals surface area (Å²) in [6.07, 6.45) is -0.0234. The smallest absolute Gasteiger partial charge is 0.261 e. The highest BCUT2D eigenvalue weighted by molar-refractivity contribution is 6.32. The van der Waals surface area contributed by atoms with Gasteiger partial charge >= 0.3 is 0 Å². The first kappa shape index (κ1) is 16.7. The molecule has 0 spiro atoms. The Balaban J connectivity index is 1.94. The largest absolute Gasteiger partial charge is 0.479 e. The Hall–Kier alpha value is -1.71. The normalized spacial score (nSPS) is 11.8. The zero-order valence-corrected chi connectivity index (χ0v) is 13.7. The average molecular weight is 338 g/mol. The summed E-state index contributed by atoms with van der Waals surface area (Å²) in [6, 6.07) is 14.4. The van der Waals surface area contributed by atoms with Gasteiger partial charge in [-0.05, 0) is 36.2 Å². The quantitative estimate of drug-likeness (QED) is 0.844. The lowest BCUT2D eigenvalue weighted by molar-refractivity contribution is -0.128. The highest BCUT2D eigenvalue weighted by Gasteiger charge is 2.19. The summed E-state index contributed by atoms with van der Waals surface area (Å²) >= 11 is 11.9. The SMILES string of the molecule is CC[C@@H](Oc1ccccc1Cl)C(=O)NCc1ccc(Cl)cc1. The van der Waals surface area contributed by atoms with Gasteiger partial charge in [0.2, 0.25) is 0 Å². The van der Waals surface area contributed by atoms with Gasteiger partial charge in [0.05, 0.1) is 5.02 Å². The van der Waals surface area contributed by atoms with E-state index in [2.05, 4.69) is 5.32 Å². The molecule has 0 aromatic heterocycles. The Morgan fingerprint density at radius 3 is 2.45 bits per heavy atom. The summed E-state index contributed by atoms with van der Waals surface area (Å²) in [6.45, 7) is 2.32. The van der Waals surface area contributed by atoms with Crippen molar-refractivity contribution in [3.8, 4) is 5.75 Å². The van der Waals surface area contributed by atoms with E-state index >= 15 is 0 Å². The van der Waals surface area contributed by atoms with Crippen LogP contribution in [0.1, 0.15) is 18.9 Å². The molecule has 5 heteroatoms. The van der Waals surface area contributed by atoms with Crippen molar-refractivity contribution in [3.63, 3.8) is 0 Å². The first-order valence-corrected chi connectivity index (χ1v) is 7.79. The van der Waals surface area contributed by atoms with Gasteiger partial charge in [0, 0.05) is 11.6 Å². The zero-order valence-electron chi connectivity index (χ0n) is 12.2. The van der Waals surface area contributed by atoms with Crippen LogP contribution < -0.4 is 10.1 Å². The van der Waals surface area contributed by atoms with E-state index in [4.69, 9.17) is 27.9 Å². The summed E-state index contributed by atoms with van der Waals surface area (Å²) < 4.78 is 5.70. The fourth-order valence-corrected chi connectivity index (χ4v) is 2.23.